The molecule has 12 heavy (non-hydrogen) atoms. The quantitative estimate of drug-likeness (QED) is 0.554. The van der Waals surface area contributed by atoms with E-state index in [1.165, 1.54) is 0 Å². The molecular formula is C8H18N2O2. The van der Waals surface area contributed by atoms with Crippen molar-refractivity contribution in [2.24, 2.45) is 17.4 Å². The summed E-state index contributed by atoms with van der Waals surface area (Å²) in [7, 11) is 0. The van der Waals surface area contributed by atoms with Crippen molar-refractivity contribution in [3.05, 3.63) is 0 Å². The summed E-state index contributed by atoms with van der Waals surface area (Å²) in [6.07, 6.45) is 1.12. The highest BCUT2D eigenvalue weighted by molar-refractivity contribution is 5.72. The van der Waals surface area contributed by atoms with Crippen LogP contribution in [-0.2, 0) is 4.79 Å². The molecule has 0 saturated carbocycles. The largest absolute Gasteiger partial charge is 0.480 e. The van der Waals surface area contributed by atoms with Gasteiger partial charge in [-0.25, -0.2) is 0 Å². The Morgan fingerprint density at radius 2 is 1.83 bits per heavy atom. The lowest BCUT2D eigenvalue weighted by molar-refractivity contribution is -0.138. The molecule has 5 N–H and O–H groups in total. The number of nitrogens with two attached hydrogens (primary N) is 2. The summed E-state index contributed by atoms with van der Waals surface area (Å²) >= 11 is 0. The van der Waals surface area contributed by atoms with Gasteiger partial charge in [-0.3, -0.25) is 4.79 Å². The molecule has 2 unspecified atom stereocenters. The van der Waals surface area contributed by atoms with E-state index in [-0.39, 0.29) is 6.04 Å². The number of carboxylic acids is 1. The Bertz CT molecular complexity index is 148. The van der Waals surface area contributed by atoms with E-state index in [2.05, 4.69) is 0 Å². The third-order valence-electron chi connectivity index (χ3n) is 1.98. The van der Waals surface area contributed by atoms with Crippen LogP contribution in [-0.4, -0.2) is 23.2 Å². The molecule has 4 nitrogen and oxygen atoms in total. The van der Waals surface area contributed by atoms with Gasteiger partial charge >= 0.3 is 5.97 Å². The summed E-state index contributed by atoms with van der Waals surface area (Å²) < 4.78 is 0. The van der Waals surface area contributed by atoms with Crippen molar-refractivity contribution in [2.75, 3.05) is 0 Å². The molecule has 0 aromatic rings. The van der Waals surface area contributed by atoms with Crippen LogP contribution in [0.15, 0.2) is 0 Å². The van der Waals surface area contributed by atoms with Crippen LogP contribution >= 0.6 is 0 Å². The average Bonchev–Trinajstić information content (AvgIpc) is 1.98. The fourth-order valence-electron chi connectivity index (χ4n) is 0.829. The number of aliphatic carboxylic acids is 1. The summed E-state index contributed by atoms with van der Waals surface area (Å²) in [5.41, 5.74) is 11.0. The first-order valence-corrected chi connectivity index (χ1v) is 4.19. The molecule has 0 aliphatic carbocycles. The van der Waals surface area contributed by atoms with Crippen LogP contribution in [0.3, 0.4) is 0 Å². The van der Waals surface area contributed by atoms with Crippen molar-refractivity contribution in [1.29, 1.82) is 0 Å². The summed E-state index contributed by atoms with van der Waals surface area (Å²) in [6.45, 7) is 4.02. The van der Waals surface area contributed by atoms with E-state index >= 15 is 0 Å². The fourth-order valence-corrected chi connectivity index (χ4v) is 0.829. The number of rotatable bonds is 5. The first-order chi connectivity index (χ1) is 5.45. The number of hydrogen-bond acceptors (Lipinski definition) is 3. The highest BCUT2D eigenvalue weighted by atomic mass is 16.4. The molecule has 0 aliphatic rings. The smallest absolute Gasteiger partial charge is 0.320 e. The first kappa shape index (κ1) is 11.4. The van der Waals surface area contributed by atoms with Crippen LogP contribution in [0.25, 0.3) is 0 Å². The number of hydrogen-bond donors (Lipinski definition) is 3. The molecule has 72 valence electrons. The van der Waals surface area contributed by atoms with Gasteiger partial charge in [0.1, 0.15) is 6.04 Å². The maximum absolute atomic E-state index is 10.3. The SMILES string of the molecule is CC(C)C(N)CCC(N)C(=O)O. The van der Waals surface area contributed by atoms with Gasteiger partial charge in [0.05, 0.1) is 0 Å². The van der Waals surface area contributed by atoms with Gasteiger partial charge in [0, 0.05) is 6.04 Å². The molecule has 0 spiro atoms. The number of carboxylic acid groups (broad SMARTS) is 1. The Hall–Kier alpha value is -0.610. The molecule has 0 fully saturated rings. The van der Waals surface area contributed by atoms with E-state index < -0.39 is 12.0 Å². The van der Waals surface area contributed by atoms with Crippen LogP contribution in [0.1, 0.15) is 26.7 Å². The lowest BCUT2D eigenvalue weighted by Crippen LogP contribution is -2.34. The van der Waals surface area contributed by atoms with Gasteiger partial charge in [0.2, 0.25) is 0 Å². The van der Waals surface area contributed by atoms with Crippen molar-refractivity contribution in [2.45, 2.75) is 38.8 Å². The zero-order valence-electron chi connectivity index (χ0n) is 7.66. The van der Waals surface area contributed by atoms with E-state index in [0.29, 0.717) is 18.8 Å². The molecule has 0 radical (unpaired) electrons. The summed E-state index contributed by atoms with van der Waals surface area (Å²) in [5.74, 6) is -0.572. The standard InChI is InChI=1S/C8H18N2O2/c1-5(2)6(9)3-4-7(10)8(11)12/h5-7H,3-4,9-10H2,1-2H3,(H,11,12). The molecular weight excluding hydrogens is 156 g/mol. The van der Waals surface area contributed by atoms with E-state index in [1.807, 2.05) is 13.8 Å². The van der Waals surface area contributed by atoms with E-state index in [1.54, 1.807) is 0 Å². The molecule has 0 aromatic carbocycles. The van der Waals surface area contributed by atoms with Crippen LogP contribution < -0.4 is 11.5 Å². The van der Waals surface area contributed by atoms with E-state index in [4.69, 9.17) is 16.6 Å². The molecule has 0 saturated heterocycles. The second kappa shape index (κ2) is 5.11. The van der Waals surface area contributed by atoms with Gasteiger partial charge in [0.25, 0.3) is 0 Å². The fraction of sp³-hybridized carbons (Fsp3) is 0.875. The van der Waals surface area contributed by atoms with Gasteiger partial charge in [0.15, 0.2) is 0 Å². The lowest BCUT2D eigenvalue weighted by Gasteiger charge is -2.16. The monoisotopic (exact) mass is 174 g/mol. The minimum atomic E-state index is -0.953. The summed E-state index contributed by atoms with van der Waals surface area (Å²) in [5, 5.41) is 8.47. The number of carbonyl (C=O) groups is 1. The van der Waals surface area contributed by atoms with Crippen LogP contribution in [0.5, 0.6) is 0 Å². The zero-order chi connectivity index (χ0) is 9.72. The lowest BCUT2D eigenvalue weighted by atomic mass is 9.98. The molecule has 0 aromatic heterocycles. The predicted molar refractivity (Wildman–Crippen MR) is 47.7 cm³/mol. The normalized spacial score (nSPS) is 16.1. The van der Waals surface area contributed by atoms with Crippen LogP contribution in [0.2, 0.25) is 0 Å². The van der Waals surface area contributed by atoms with Gasteiger partial charge in [-0.15, -0.1) is 0 Å². The Labute approximate surface area is 72.9 Å². The highest BCUT2D eigenvalue weighted by Crippen LogP contribution is 2.06. The van der Waals surface area contributed by atoms with Gasteiger partial charge in [-0.1, -0.05) is 13.8 Å². The second-order valence-corrected chi connectivity index (χ2v) is 3.43. The zero-order valence-corrected chi connectivity index (χ0v) is 7.66. The maximum atomic E-state index is 10.3. The Morgan fingerprint density at radius 3 is 2.17 bits per heavy atom. The minimum absolute atomic E-state index is 0.0513. The van der Waals surface area contributed by atoms with Crippen molar-refractivity contribution in [1.82, 2.24) is 0 Å². The molecule has 0 bridgehead atoms. The van der Waals surface area contributed by atoms with Gasteiger partial charge in [-0.05, 0) is 18.8 Å². The molecule has 0 heterocycles. The average molecular weight is 174 g/mol. The van der Waals surface area contributed by atoms with Crippen molar-refractivity contribution in [3.63, 3.8) is 0 Å². The first-order valence-electron chi connectivity index (χ1n) is 4.19. The van der Waals surface area contributed by atoms with Crippen molar-refractivity contribution < 1.29 is 9.90 Å². The molecule has 0 amide bonds. The van der Waals surface area contributed by atoms with E-state index in [0.717, 1.165) is 0 Å². The topological polar surface area (TPSA) is 89.3 Å². The van der Waals surface area contributed by atoms with Crippen LogP contribution in [0, 0.1) is 5.92 Å². The van der Waals surface area contributed by atoms with Crippen LogP contribution in [0.4, 0.5) is 0 Å². The second-order valence-electron chi connectivity index (χ2n) is 3.43. The third-order valence-corrected chi connectivity index (χ3v) is 1.98. The molecule has 2 atom stereocenters. The van der Waals surface area contributed by atoms with Crippen molar-refractivity contribution >= 4 is 5.97 Å². The third kappa shape index (κ3) is 4.31. The Balaban J connectivity index is 3.61. The predicted octanol–water partition coefficient (Wildman–Crippen LogP) is 0.162. The molecule has 0 aliphatic heterocycles. The van der Waals surface area contributed by atoms with Gasteiger partial charge in [-0.2, -0.15) is 0 Å². The Morgan fingerprint density at radius 1 is 1.33 bits per heavy atom. The Kier molecular flexibility index (Phi) is 4.85. The summed E-state index contributed by atoms with van der Waals surface area (Å²) in [4.78, 5) is 10.3. The summed E-state index contributed by atoms with van der Waals surface area (Å²) in [6, 6.07) is -0.717. The van der Waals surface area contributed by atoms with Crippen molar-refractivity contribution in [3.8, 4) is 0 Å². The minimum Gasteiger partial charge on any atom is -0.480 e. The molecule has 4 heteroatoms. The molecule has 0 rings (SSSR count). The highest BCUT2D eigenvalue weighted by Gasteiger charge is 2.14. The maximum Gasteiger partial charge on any atom is 0.320 e. The van der Waals surface area contributed by atoms with E-state index in [9.17, 15) is 4.79 Å². The van der Waals surface area contributed by atoms with Gasteiger partial charge < -0.3 is 16.6 Å².